The second kappa shape index (κ2) is 5.49. The van der Waals surface area contributed by atoms with E-state index < -0.39 is 0 Å². The van der Waals surface area contributed by atoms with E-state index in [4.69, 9.17) is 4.42 Å². The van der Waals surface area contributed by atoms with Crippen LogP contribution >= 0.6 is 0 Å². The maximum Gasteiger partial charge on any atom is 0.134 e. The highest BCUT2D eigenvalue weighted by molar-refractivity contribution is 5.83. The van der Waals surface area contributed by atoms with E-state index in [1.807, 2.05) is 7.05 Å². The molecule has 2 rings (SSSR count). The number of fused-ring (bicyclic) bond motifs is 1. The van der Waals surface area contributed by atoms with Crippen molar-refractivity contribution in [1.82, 2.24) is 5.32 Å². The molecular formula is C19H29NO. The number of aryl methyl sites for hydroxylation is 1. The van der Waals surface area contributed by atoms with Gasteiger partial charge in [-0.2, -0.15) is 0 Å². The average Bonchev–Trinajstić information content (AvgIpc) is 2.64. The molecule has 0 spiro atoms. The first-order valence-electron chi connectivity index (χ1n) is 7.81. The van der Waals surface area contributed by atoms with E-state index in [0.717, 1.165) is 24.3 Å². The van der Waals surface area contributed by atoms with Crippen molar-refractivity contribution < 1.29 is 4.42 Å². The Morgan fingerprint density at radius 2 is 1.76 bits per heavy atom. The Labute approximate surface area is 128 Å². The molecule has 2 aromatic rings. The molecule has 0 unspecified atom stereocenters. The van der Waals surface area contributed by atoms with Gasteiger partial charge in [0.1, 0.15) is 11.3 Å². The zero-order valence-corrected chi connectivity index (χ0v) is 14.6. The van der Waals surface area contributed by atoms with Crippen LogP contribution in [0, 0.1) is 12.3 Å². The van der Waals surface area contributed by atoms with Crippen LogP contribution in [0.25, 0.3) is 11.0 Å². The number of furan rings is 1. The van der Waals surface area contributed by atoms with Crippen molar-refractivity contribution >= 4 is 11.0 Å². The Morgan fingerprint density at radius 3 is 2.33 bits per heavy atom. The molecule has 0 fully saturated rings. The normalized spacial score (nSPS) is 13.1. The third-order valence-corrected chi connectivity index (χ3v) is 4.13. The zero-order valence-electron chi connectivity index (χ0n) is 14.6. The molecule has 0 saturated carbocycles. The van der Waals surface area contributed by atoms with Gasteiger partial charge in [0.05, 0.1) is 6.54 Å². The van der Waals surface area contributed by atoms with Crippen LogP contribution in [0.5, 0.6) is 0 Å². The summed E-state index contributed by atoms with van der Waals surface area (Å²) >= 11 is 0. The number of nitrogens with one attached hydrogen (secondary N) is 1. The minimum atomic E-state index is 0.166. The van der Waals surface area contributed by atoms with Gasteiger partial charge in [0.2, 0.25) is 0 Å². The van der Waals surface area contributed by atoms with E-state index >= 15 is 0 Å². The smallest absolute Gasteiger partial charge is 0.134 e. The van der Waals surface area contributed by atoms with Gasteiger partial charge in [0.15, 0.2) is 0 Å². The molecule has 0 amide bonds. The summed E-state index contributed by atoms with van der Waals surface area (Å²) in [6.45, 7) is 14.5. The summed E-state index contributed by atoms with van der Waals surface area (Å²) in [4.78, 5) is 0. The van der Waals surface area contributed by atoms with Crippen LogP contribution in [0.4, 0.5) is 0 Å². The molecule has 2 heteroatoms. The molecule has 0 atom stereocenters. The van der Waals surface area contributed by atoms with E-state index in [0.29, 0.717) is 5.41 Å². The Morgan fingerprint density at radius 1 is 1.10 bits per heavy atom. The fraction of sp³-hybridized carbons (Fsp3) is 0.579. The number of rotatable bonds is 4. The molecule has 0 bridgehead atoms. The van der Waals surface area contributed by atoms with Crippen molar-refractivity contribution in [2.75, 3.05) is 7.05 Å². The maximum absolute atomic E-state index is 5.95. The SMILES string of the molecule is CNCc1oc2ccc(C(C)(C)CC(C)(C)C)cc2c1C. The fourth-order valence-electron chi connectivity index (χ4n) is 3.45. The van der Waals surface area contributed by atoms with Crippen LogP contribution in [0.1, 0.15) is 57.9 Å². The first-order valence-corrected chi connectivity index (χ1v) is 7.81. The zero-order chi connectivity index (χ0) is 15.8. The number of benzene rings is 1. The summed E-state index contributed by atoms with van der Waals surface area (Å²) in [5.41, 5.74) is 4.13. The molecular weight excluding hydrogens is 258 g/mol. The van der Waals surface area contributed by atoms with Crippen LogP contribution in [-0.4, -0.2) is 7.05 Å². The van der Waals surface area contributed by atoms with Gasteiger partial charge in [-0.1, -0.05) is 40.7 Å². The highest BCUT2D eigenvalue weighted by Crippen LogP contribution is 2.38. The lowest BCUT2D eigenvalue weighted by Gasteiger charge is -2.33. The summed E-state index contributed by atoms with van der Waals surface area (Å²) < 4.78 is 5.95. The topological polar surface area (TPSA) is 25.2 Å². The molecule has 1 aromatic carbocycles. The highest BCUT2D eigenvalue weighted by Gasteiger charge is 2.27. The molecule has 2 nitrogen and oxygen atoms in total. The maximum atomic E-state index is 5.95. The largest absolute Gasteiger partial charge is 0.459 e. The summed E-state index contributed by atoms with van der Waals surface area (Å²) in [5.74, 6) is 1.04. The first-order chi connectivity index (χ1) is 9.64. The van der Waals surface area contributed by atoms with Crippen molar-refractivity contribution in [2.24, 2.45) is 5.41 Å². The van der Waals surface area contributed by atoms with Crippen molar-refractivity contribution in [1.29, 1.82) is 0 Å². The van der Waals surface area contributed by atoms with Crippen LogP contribution < -0.4 is 5.32 Å². The quantitative estimate of drug-likeness (QED) is 0.838. The van der Waals surface area contributed by atoms with Gasteiger partial charge in [0, 0.05) is 5.39 Å². The minimum absolute atomic E-state index is 0.166. The van der Waals surface area contributed by atoms with E-state index in [1.54, 1.807) is 0 Å². The first kappa shape index (κ1) is 16.1. The minimum Gasteiger partial charge on any atom is -0.459 e. The second-order valence-electron chi connectivity index (χ2n) is 8.01. The van der Waals surface area contributed by atoms with E-state index in [1.165, 1.54) is 16.5 Å². The lowest BCUT2D eigenvalue weighted by Crippen LogP contribution is -2.24. The van der Waals surface area contributed by atoms with Gasteiger partial charge in [-0.3, -0.25) is 0 Å². The Balaban J connectivity index is 2.45. The van der Waals surface area contributed by atoms with Crippen LogP contribution in [-0.2, 0) is 12.0 Å². The van der Waals surface area contributed by atoms with Crippen molar-refractivity contribution in [3.8, 4) is 0 Å². The molecule has 1 aromatic heterocycles. The van der Waals surface area contributed by atoms with E-state index in [-0.39, 0.29) is 5.41 Å². The molecule has 0 aliphatic carbocycles. The van der Waals surface area contributed by atoms with E-state index in [2.05, 4.69) is 65.1 Å². The molecule has 0 radical (unpaired) electrons. The Hall–Kier alpha value is -1.28. The Kier molecular flexibility index (Phi) is 4.21. The standard InChI is InChI=1S/C19H29NO/c1-13-15-10-14(19(5,6)12-18(2,3)4)8-9-16(15)21-17(13)11-20-7/h8-10,20H,11-12H2,1-7H3. The molecule has 0 saturated heterocycles. The molecule has 116 valence electrons. The predicted molar refractivity (Wildman–Crippen MR) is 90.8 cm³/mol. The Bertz CT molecular complexity index is 629. The molecule has 21 heavy (non-hydrogen) atoms. The van der Waals surface area contributed by atoms with Gasteiger partial charge in [-0.05, 0) is 54.5 Å². The lowest BCUT2D eigenvalue weighted by atomic mass is 9.72. The summed E-state index contributed by atoms with van der Waals surface area (Å²) in [6, 6.07) is 6.67. The van der Waals surface area contributed by atoms with Gasteiger partial charge < -0.3 is 9.73 Å². The lowest BCUT2D eigenvalue weighted by molar-refractivity contribution is 0.284. The summed E-state index contributed by atoms with van der Waals surface area (Å²) in [6.07, 6.45) is 1.16. The van der Waals surface area contributed by atoms with Gasteiger partial charge in [-0.15, -0.1) is 0 Å². The van der Waals surface area contributed by atoms with Gasteiger partial charge in [-0.25, -0.2) is 0 Å². The summed E-state index contributed by atoms with van der Waals surface area (Å²) in [7, 11) is 1.95. The van der Waals surface area contributed by atoms with Gasteiger partial charge in [0.25, 0.3) is 0 Å². The predicted octanol–water partition coefficient (Wildman–Crippen LogP) is 5.17. The van der Waals surface area contributed by atoms with Gasteiger partial charge >= 0.3 is 0 Å². The molecule has 1 heterocycles. The number of hydrogen-bond acceptors (Lipinski definition) is 2. The van der Waals surface area contributed by atoms with Crippen molar-refractivity contribution in [3.05, 3.63) is 35.1 Å². The second-order valence-corrected chi connectivity index (χ2v) is 8.01. The van der Waals surface area contributed by atoms with Crippen molar-refractivity contribution in [2.45, 2.75) is 59.9 Å². The molecule has 0 aliphatic heterocycles. The molecule has 0 aliphatic rings. The van der Waals surface area contributed by atoms with Crippen LogP contribution in [0.15, 0.2) is 22.6 Å². The molecule has 1 N–H and O–H groups in total. The van der Waals surface area contributed by atoms with Crippen LogP contribution in [0.3, 0.4) is 0 Å². The monoisotopic (exact) mass is 287 g/mol. The van der Waals surface area contributed by atoms with Crippen molar-refractivity contribution in [3.63, 3.8) is 0 Å². The fourth-order valence-corrected chi connectivity index (χ4v) is 3.45. The number of hydrogen-bond donors (Lipinski definition) is 1. The highest BCUT2D eigenvalue weighted by atomic mass is 16.3. The average molecular weight is 287 g/mol. The third-order valence-electron chi connectivity index (χ3n) is 4.13. The third kappa shape index (κ3) is 3.49. The van der Waals surface area contributed by atoms with Crippen LogP contribution in [0.2, 0.25) is 0 Å². The van der Waals surface area contributed by atoms with E-state index in [9.17, 15) is 0 Å². The summed E-state index contributed by atoms with van der Waals surface area (Å²) in [5, 5.41) is 4.42.